The lowest BCUT2D eigenvalue weighted by Crippen LogP contribution is -2.11. The fraction of sp³-hybridized carbons (Fsp3) is 0.211. The molecule has 0 aromatic heterocycles. The third-order valence-electron chi connectivity index (χ3n) is 3.39. The molecular weight excluding hydrogens is 363 g/mol. The van der Waals surface area contributed by atoms with Crippen molar-refractivity contribution in [3.8, 4) is 5.75 Å². The highest BCUT2D eigenvalue weighted by Crippen LogP contribution is 2.27. The molecule has 0 unspecified atom stereocenters. The minimum Gasteiger partial charge on any atom is -0.493 e. The Morgan fingerprint density at radius 1 is 1.08 bits per heavy atom. The molecule has 0 amide bonds. The average molecular weight is 381 g/mol. The topological polar surface area (TPSA) is 55.8 Å². The lowest BCUT2D eigenvalue weighted by atomic mass is 10.0. The molecule has 2 rings (SSSR count). The van der Waals surface area contributed by atoms with Crippen molar-refractivity contribution < 1.29 is 19.4 Å². The first kappa shape index (κ1) is 19.2. The monoisotopic (exact) mass is 380 g/mol. The standard InChI is InChI=1S/C19H18Cl2O4/c1-2-16(18(19(22)23)13-6-4-3-5-7-13)24-10-11-25-17-9-8-14(20)12-15(17)21/h3-9,12H,2,10-11H2,1H3,(H,22,23). The maximum absolute atomic E-state index is 11.6. The molecule has 0 radical (unpaired) electrons. The van der Waals surface area contributed by atoms with Crippen LogP contribution < -0.4 is 4.74 Å². The first-order chi connectivity index (χ1) is 12.0. The van der Waals surface area contributed by atoms with Gasteiger partial charge in [0.1, 0.15) is 30.3 Å². The van der Waals surface area contributed by atoms with E-state index in [0.29, 0.717) is 33.5 Å². The van der Waals surface area contributed by atoms with E-state index < -0.39 is 5.97 Å². The van der Waals surface area contributed by atoms with Crippen LogP contribution in [0, 0.1) is 0 Å². The Labute approximate surface area is 156 Å². The van der Waals surface area contributed by atoms with E-state index in [1.165, 1.54) is 0 Å². The molecule has 0 bridgehead atoms. The molecule has 0 heterocycles. The van der Waals surface area contributed by atoms with Gasteiger partial charge in [0.15, 0.2) is 0 Å². The number of carboxylic acids is 1. The number of halogens is 2. The molecule has 25 heavy (non-hydrogen) atoms. The lowest BCUT2D eigenvalue weighted by Gasteiger charge is -2.14. The molecule has 1 N–H and O–H groups in total. The Kier molecular flexibility index (Phi) is 7.16. The van der Waals surface area contributed by atoms with E-state index in [4.69, 9.17) is 32.7 Å². The van der Waals surface area contributed by atoms with Gasteiger partial charge in [-0.25, -0.2) is 4.79 Å². The van der Waals surface area contributed by atoms with Gasteiger partial charge in [-0.2, -0.15) is 0 Å². The van der Waals surface area contributed by atoms with Crippen LogP contribution in [0.15, 0.2) is 54.3 Å². The van der Waals surface area contributed by atoms with Gasteiger partial charge in [0, 0.05) is 11.4 Å². The second-order valence-electron chi connectivity index (χ2n) is 5.09. The summed E-state index contributed by atoms with van der Waals surface area (Å²) in [5.74, 6) is -0.118. The number of carbonyl (C=O) groups is 1. The van der Waals surface area contributed by atoms with E-state index in [1.54, 1.807) is 42.5 Å². The van der Waals surface area contributed by atoms with Crippen LogP contribution in [0.5, 0.6) is 5.75 Å². The van der Waals surface area contributed by atoms with Crippen molar-refractivity contribution in [2.45, 2.75) is 13.3 Å². The minimum atomic E-state index is -1.02. The normalized spacial score (nSPS) is 11.6. The molecule has 0 aliphatic heterocycles. The second-order valence-corrected chi connectivity index (χ2v) is 5.94. The van der Waals surface area contributed by atoms with Crippen molar-refractivity contribution in [3.63, 3.8) is 0 Å². The van der Waals surface area contributed by atoms with Crippen LogP contribution in [0.2, 0.25) is 10.0 Å². The molecule has 132 valence electrons. The summed E-state index contributed by atoms with van der Waals surface area (Å²) in [6.45, 7) is 2.27. The molecule has 2 aromatic rings. The van der Waals surface area contributed by atoms with Crippen molar-refractivity contribution >= 4 is 34.7 Å². The number of aliphatic carboxylic acids is 1. The Morgan fingerprint density at radius 3 is 2.40 bits per heavy atom. The van der Waals surface area contributed by atoms with E-state index in [1.807, 2.05) is 13.0 Å². The highest BCUT2D eigenvalue weighted by atomic mass is 35.5. The zero-order valence-corrected chi connectivity index (χ0v) is 15.2. The maximum atomic E-state index is 11.6. The first-order valence-corrected chi connectivity index (χ1v) is 8.51. The number of hydrogen-bond acceptors (Lipinski definition) is 3. The summed E-state index contributed by atoms with van der Waals surface area (Å²) in [6.07, 6.45) is 0.457. The molecule has 0 spiro atoms. The summed E-state index contributed by atoms with van der Waals surface area (Å²) in [6, 6.07) is 13.8. The van der Waals surface area contributed by atoms with Gasteiger partial charge in [-0.1, -0.05) is 60.5 Å². The molecule has 6 heteroatoms. The maximum Gasteiger partial charge on any atom is 0.339 e. The van der Waals surface area contributed by atoms with Crippen molar-refractivity contribution in [2.24, 2.45) is 0 Å². The summed E-state index contributed by atoms with van der Waals surface area (Å²) >= 11 is 11.9. The van der Waals surface area contributed by atoms with Crippen LogP contribution in [0.3, 0.4) is 0 Å². The molecular formula is C19H18Cl2O4. The summed E-state index contributed by atoms with van der Waals surface area (Å²) in [4.78, 5) is 11.6. The summed E-state index contributed by atoms with van der Waals surface area (Å²) in [5.41, 5.74) is 0.765. The van der Waals surface area contributed by atoms with Crippen molar-refractivity contribution in [1.29, 1.82) is 0 Å². The van der Waals surface area contributed by atoms with Gasteiger partial charge in [-0.05, 0) is 23.8 Å². The number of allylic oxidation sites excluding steroid dienone is 1. The predicted molar refractivity (Wildman–Crippen MR) is 99.2 cm³/mol. The van der Waals surface area contributed by atoms with Gasteiger partial charge in [0.2, 0.25) is 0 Å². The number of ether oxygens (including phenoxy) is 2. The Bertz CT molecular complexity index is 757. The fourth-order valence-corrected chi connectivity index (χ4v) is 2.73. The van der Waals surface area contributed by atoms with E-state index in [-0.39, 0.29) is 18.8 Å². The Balaban J connectivity index is 2.04. The molecule has 4 nitrogen and oxygen atoms in total. The van der Waals surface area contributed by atoms with E-state index in [2.05, 4.69) is 0 Å². The highest BCUT2D eigenvalue weighted by Gasteiger charge is 2.17. The average Bonchev–Trinajstić information content (AvgIpc) is 2.59. The molecule has 2 aromatic carbocycles. The molecule has 0 aliphatic rings. The van der Waals surface area contributed by atoms with Gasteiger partial charge in [-0.3, -0.25) is 0 Å². The van der Waals surface area contributed by atoms with Gasteiger partial charge in [-0.15, -0.1) is 0 Å². The lowest BCUT2D eigenvalue weighted by molar-refractivity contribution is -0.130. The number of rotatable bonds is 8. The zero-order valence-electron chi connectivity index (χ0n) is 13.7. The van der Waals surface area contributed by atoms with E-state index in [9.17, 15) is 9.90 Å². The number of hydrogen-bond donors (Lipinski definition) is 1. The van der Waals surface area contributed by atoms with Crippen molar-refractivity contribution in [3.05, 3.63) is 69.9 Å². The SMILES string of the molecule is CCC(OCCOc1ccc(Cl)cc1Cl)=C(C(=O)O)c1ccccc1. The first-order valence-electron chi connectivity index (χ1n) is 7.75. The predicted octanol–water partition coefficient (Wildman–Crippen LogP) is 5.29. The molecule has 0 saturated carbocycles. The Morgan fingerprint density at radius 2 is 1.80 bits per heavy atom. The number of benzene rings is 2. The van der Waals surface area contributed by atoms with Crippen molar-refractivity contribution in [1.82, 2.24) is 0 Å². The summed E-state index contributed by atoms with van der Waals surface area (Å²) in [7, 11) is 0. The third kappa shape index (κ3) is 5.41. The summed E-state index contributed by atoms with van der Waals surface area (Å²) in [5, 5.41) is 10.5. The Hall–Kier alpha value is -2.17. The van der Waals surface area contributed by atoms with Crippen LogP contribution in [-0.4, -0.2) is 24.3 Å². The third-order valence-corrected chi connectivity index (χ3v) is 3.92. The largest absolute Gasteiger partial charge is 0.493 e. The molecule has 0 saturated heterocycles. The van der Waals surface area contributed by atoms with Crippen LogP contribution in [-0.2, 0) is 9.53 Å². The van der Waals surface area contributed by atoms with E-state index >= 15 is 0 Å². The van der Waals surface area contributed by atoms with Gasteiger partial charge < -0.3 is 14.6 Å². The quantitative estimate of drug-likeness (QED) is 0.383. The second kappa shape index (κ2) is 9.35. The minimum absolute atomic E-state index is 0.160. The van der Waals surface area contributed by atoms with Gasteiger partial charge in [0.25, 0.3) is 0 Å². The van der Waals surface area contributed by atoms with Crippen LogP contribution >= 0.6 is 23.2 Å². The van der Waals surface area contributed by atoms with Crippen LogP contribution in [0.1, 0.15) is 18.9 Å². The molecule has 0 aliphatic carbocycles. The van der Waals surface area contributed by atoms with E-state index in [0.717, 1.165) is 0 Å². The van der Waals surface area contributed by atoms with Crippen LogP contribution in [0.25, 0.3) is 5.57 Å². The smallest absolute Gasteiger partial charge is 0.339 e. The highest BCUT2D eigenvalue weighted by molar-refractivity contribution is 6.35. The molecule has 0 atom stereocenters. The fourth-order valence-electron chi connectivity index (χ4n) is 2.27. The molecule has 0 fully saturated rings. The van der Waals surface area contributed by atoms with Crippen LogP contribution in [0.4, 0.5) is 0 Å². The van der Waals surface area contributed by atoms with Crippen molar-refractivity contribution in [2.75, 3.05) is 13.2 Å². The van der Waals surface area contributed by atoms with Gasteiger partial charge in [0.05, 0.1) is 5.02 Å². The number of carboxylic acid groups (broad SMARTS) is 1. The van der Waals surface area contributed by atoms with Gasteiger partial charge >= 0.3 is 5.97 Å². The summed E-state index contributed by atoms with van der Waals surface area (Å²) < 4.78 is 11.2. The zero-order chi connectivity index (χ0) is 18.2.